The number of carboxylic acids is 1. The highest BCUT2D eigenvalue weighted by Crippen LogP contribution is 2.48. The van der Waals surface area contributed by atoms with Crippen LogP contribution in [0.3, 0.4) is 0 Å². The number of hydrogen-bond acceptors (Lipinski definition) is 4. The normalized spacial score (nSPS) is 20.9. The second-order valence-electron chi connectivity index (χ2n) is 10.1. The molecule has 3 heterocycles. The molecule has 0 unspecified atom stereocenters. The van der Waals surface area contributed by atoms with E-state index < -0.39 is 17.6 Å². The minimum atomic E-state index is -0.939. The van der Waals surface area contributed by atoms with Crippen molar-refractivity contribution in [1.29, 1.82) is 5.26 Å². The summed E-state index contributed by atoms with van der Waals surface area (Å²) in [5.74, 6) is -2.89. The molecule has 1 saturated carbocycles. The molecule has 6 rings (SSSR count). The summed E-state index contributed by atoms with van der Waals surface area (Å²) in [6.07, 6.45) is 5.64. The largest absolute Gasteiger partial charge is 0.481 e. The molecular formula is C28H26F2N4O3. The van der Waals surface area contributed by atoms with E-state index in [2.05, 4.69) is 16.3 Å². The van der Waals surface area contributed by atoms with Crippen LogP contribution >= 0.6 is 0 Å². The average molecular weight is 505 g/mol. The fourth-order valence-corrected chi connectivity index (χ4v) is 6.33. The number of aromatic nitrogens is 3. The highest BCUT2D eigenvalue weighted by Gasteiger charge is 2.35. The highest BCUT2D eigenvalue weighted by atomic mass is 19.2. The van der Waals surface area contributed by atoms with Crippen molar-refractivity contribution in [3.05, 3.63) is 58.9 Å². The van der Waals surface area contributed by atoms with Crippen molar-refractivity contribution in [2.24, 2.45) is 5.92 Å². The molecule has 1 aliphatic heterocycles. The molecule has 0 amide bonds. The van der Waals surface area contributed by atoms with Gasteiger partial charge in [0.15, 0.2) is 11.6 Å². The van der Waals surface area contributed by atoms with Gasteiger partial charge in [0.2, 0.25) is 0 Å². The second kappa shape index (κ2) is 9.27. The number of aromatic amines is 1. The number of rotatable bonds is 4. The first-order valence-electron chi connectivity index (χ1n) is 12.7. The lowest BCUT2D eigenvalue weighted by Gasteiger charge is -2.31. The first kappa shape index (κ1) is 23.6. The molecule has 2 fully saturated rings. The van der Waals surface area contributed by atoms with Gasteiger partial charge in [0.05, 0.1) is 28.7 Å². The van der Waals surface area contributed by atoms with Crippen LogP contribution in [0.15, 0.2) is 30.5 Å². The summed E-state index contributed by atoms with van der Waals surface area (Å²) in [5, 5.41) is 28.5. The molecule has 190 valence electrons. The van der Waals surface area contributed by atoms with E-state index in [4.69, 9.17) is 4.74 Å². The Morgan fingerprint density at radius 2 is 1.84 bits per heavy atom. The molecule has 2 aromatic carbocycles. The molecule has 0 atom stereocenters. The van der Waals surface area contributed by atoms with Crippen LogP contribution < -0.4 is 0 Å². The summed E-state index contributed by atoms with van der Waals surface area (Å²) in [6, 6.07) is 8.23. The topological polar surface area (TPSA) is 104 Å². The Labute approximate surface area is 211 Å². The van der Waals surface area contributed by atoms with Crippen molar-refractivity contribution in [3.8, 4) is 11.8 Å². The van der Waals surface area contributed by atoms with E-state index in [1.807, 2.05) is 10.6 Å². The van der Waals surface area contributed by atoms with Crippen LogP contribution in [0.5, 0.6) is 0 Å². The zero-order valence-corrected chi connectivity index (χ0v) is 20.1. The van der Waals surface area contributed by atoms with Crippen LogP contribution in [0.25, 0.3) is 27.5 Å². The van der Waals surface area contributed by atoms with Crippen molar-refractivity contribution in [2.45, 2.75) is 50.4 Å². The smallest absolute Gasteiger partial charge is 0.306 e. The first-order chi connectivity index (χ1) is 18.0. The monoisotopic (exact) mass is 504 g/mol. The molecule has 4 aromatic rings. The third-order valence-corrected chi connectivity index (χ3v) is 8.11. The third-order valence-electron chi connectivity index (χ3n) is 8.11. The number of carbonyl (C=O) groups is 1. The van der Waals surface area contributed by atoms with Gasteiger partial charge in [0.25, 0.3) is 0 Å². The maximum atomic E-state index is 14.5. The number of carboxylic acid groups (broad SMARTS) is 1. The zero-order chi connectivity index (χ0) is 25.7. The fourth-order valence-electron chi connectivity index (χ4n) is 6.33. The van der Waals surface area contributed by atoms with Gasteiger partial charge < -0.3 is 14.4 Å². The lowest BCUT2D eigenvalue weighted by molar-refractivity contribution is -0.142. The van der Waals surface area contributed by atoms with Gasteiger partial charge in [-0.15, -0.1) is 0 Å². The number of halogens is 2. The molecule has 2 N–H and O–H groups in total. The van der Waals surface area contributed by atoms with E-state index in [9.17, 15) is 23.9 Å². The van der Waals surface area contributed by atoms with Crippen molar-refractivity contribution < 1.29 is 23.4 Å². The van der Waals surface area contributed by atoms with E-state index in [-0.39, 0.29) is 17.8 Å². The zero-order valence-electron chi connectivity index (χ0n) is 20.1. The van der Waals surface area contributed by atoms with E-state index >= 15 is 0 Å². The van der Waals surface area contributed by atoms with Gasteiger partial charge in [-0.3, -0.25) is 9.89 Å². The number of hydrogen-bond donors (Lipinski definition) is 2. The molecule has 7 nitrogen and oxygen atoms in total. The standard InChI is InChI=1S/C28H26F2N4O3/c29-21-6-5-19(12-22(21)30)34-23-11-18-14-32-33-26(18)20(13-31)25(23)24(27(34)16-7-9-37-10-8-16)15-1-3-17(4-2-15)28(35)36/h5-6,11-12,14-17H,1-4,7-10H2,(H,32,33)(H,35,36). The predicted molar refractivity (Wildman–Crippen MR) is 133 cm³/mol. The van der Waals surface area contributed by atoms with Crippen molar-refractivity contribution in [1.82, 2.24) is 14.8 Å². The van der Waals surface area contributed by atoms with E-state index in [0.29, 0.717) is 55.7 Å². The number of fused-ring (bicyclic) bond motifs is 2. The maximum Gasteiger partial charge on any atom is 0.306 e. The van der Waals surface area contributed by atoms with Gasteiger partial charge in [-0.05, 0) is 68.2 Å². The van der Waals surface area contributed by atoms with E-state index in [1.165, 1.54) is 6.07 Å². The molecule has 0 spiro atoms. The molecule has 0 bridgehead atoms. The Balaban J connectivity index is 1.69. The van der Waals surface area contributed by atoms with Gasteiger partial charge >= 0.3 is 5.97 Å². The van der Waals surface area contributed by atoms with Crippen LogP contribution in [0, 0.1) is 28.9 Å². The van der Waals surface area contributed by atoms with E-state index in [1.54, 1.807) is 12.3 Å². The summed E-state index contributed by atoms with van der Waals surface area (Å²) in [5.41, 5.74) is 4.34. The summed E-state index contributed by atoms with van der Waals surface area (Å²) in [6.45, 7) is 1.18. The third kappa shape index (κ3) is 3.87. The molecule has 2 aromatic heterocycles. The molecule has 37 heavy (non-hydrogen) atoms. The summed E-state index contributed by atoms with van der Waals surface area (Å²) >= 11 is 0. The van der Waals surface area contributed by atoms with Crippen molar-refractivity contribution in [3.63, 3.8) is 0 Å². The van der Waals surface area contributed by atoms with Crippen LogP contribution in [0.2, 0.25) is 0 Å². The second-order valence-corrected chi connectivity index (χ2v) is 10.1. The minimum absolute atomic E-state index is 0.0370. The van der Waals surface area contributed by atoms with Gasteiger partial charge in [-0.1, -0.05) is 0 Å². The number of H-pyrrole nitrogens is 1. The predicted octanol–water partition coefficient (Wildman–Crippen LogP) is 5.91. The average Bonchev–Trinajstić information content (AvgIpc) is 3.52. The van der Waals surface area contributed by atoms with E-state index in [0.717, 1.165) is 46.5 Å². The minimum Gasteiger partial charge on any atom is -0.481 e. The first-order valence-corrected chi connectivity index (χ1v) is 12.7. The SMILES string of the molecule is N#Cc1c2[nH]ncc2cc2c1c(C1CCC(C(=O)O)CC1)c(C1CCOCC1)n2-c1ccc(F)c(F)c1. The number of ether oxygens (including phenoxy) is 1. The summed E-state index contributed by atoms with van der Waals surface area (Å²) < 4.78 is 36.1. The Kier molecular flexibility index (Phi) is 5.92. The molecule has 1 saturated heterocycles. The molecule has 9 heteroatoms. The van der Waals surface area contributed by atoms with Gasteiger partial charge in [-0.2, -0.15) is 10.4 Å². The number of nitrogens with zero attached hydrogens (tertiary/aromatic N) is 3. The lowest BCUT2D eigenvalue weighted by atomic mass is 9.75. The Bertz CT molecular complexity index is 1550. The van der Waals surface area contributed by atoms with Crippen LogP contribution in [0.4, 0.5) is 8.78 Å². The number of nitrogens with one attached hydrogen (secondary N) is 1. The molecular weight excluding hydrogens is 478 g/mol. The van der Waals surface area contributed by atoms with Crippen molar-refractivity contribution >= 4 is 27.8 Å². The summed E-state index contributed by atoms with van der Waals surface area (Å²) in [7, 11) is 0. The van der Waals surface area contributed by atoms with Gasteiger partial charge in [0, 0.05) is 47.4 Å². The quantitative estimate of drug-likeness (QED) is 0.360. The van der Waals surface area contributed by atoms with Crippen LogP contribution in [0.1, 0.15) is 67.2 Å². The van der Waals surface area contributed by atoms with Crippen LogP contribution in [-0.2, 0) is 9.53 Å². The Morgan fingerprint density at radius 3 is 2.51 bits per heavy atom. The van der Waals surface area contributed by atoms with Crippen molar-refractivity contribution in [2.75, 3.05) is 13.2 Å². The van der Waals surface area contributed by atoms with Crippen LogP contribution in [-0.4, -0.2) is 39.1 Å². The Hall–Kier alpha value is -3.77. The summed E-state index contributed by atoms with van der Waals surface area (Å²) in [4.78, 5) is 11.7. The number of aliphatic carboxylic acids is 1. The van der Waals surface area contributed by atoms with Gasteiger partial charge in [0.1, 0.15) is 6.07 Å². The Morgan fingerprint density at radius 1 is 1.08 bits per heavy atom. The highest BCUT2D eigenvalue weighted by molar-refractivity contribution is 6.05. The fraction of sp³-hybridized carbons (Fsp3) is 0.393. The maximum absolute atomic E-state index is 14.5. The number of nitriles is 1. The number of benzene rings is 2. The molecule has 2 aliphatic rings. The lowest BCUT2D eigenvalue weighted by Crippen LogP contribution is -2.23. The van der Waals surface area contributed by atoms with Gasteiger partial charge in [-0.25, -0.2) is 8.78 Å². The molecule has 0 radical (unpaired) electrons. The molecule has 1 aliphatic carbocycles.